The fourth-order valence-corrected chi connectivity index (χ4v) is 2.39. The van der Waals surface area contributed by atoms with Crippen LogP contribution in [0.3, 0.4) is 0 Å². The van der Waals surface area contributed by atoms with E-state index >= 15 is 0 Å². The summed E-state index contributed by atoms with van der Waals surface area (Å²) in [6.45, 7) is -0.474. The second kappa shape index (κ2) is 7.72. The number of benzene rings is 2. The Balaban J connectivity index is 2.41. The Hall–Kier alpha value is -2.70. The van der Waals surface area contributed by atoms with Crippen LogP contribution >= 0.6 is 0 Å². The normalized spacial score (nSPS) is 11.0. The minimum atomic E-state index is -0.330. The third-order valence-corrected chi connectivity index (χ3v) is 3.69. The molecule has 0 fully saturated rings. The molecule has 0 aromatic heterocycles. The molecule has 0 heterocycles. The largest absolute Gasteiger partial charge is 0.504 e. The summed E-state index contributed by atoms with van der Waals surface area (Å²) in [7, 11) is 2.88. The van der Waals surface area contributed by atoms with Crippen LogP contribution in [-0.2, 0) is 13.2 Å². The van der Waals surface area contributed by atoms with Crippen molar-refractivity contribution in [2.45, 2.75) is 13.2 Å². The van der Waals surface area contributed by atoms with Crippen LogP contribution in [0.2, 0.25) is 0 Å². The molecule has 0 spiro atoms. The maximum atomic E-state index is 9.99. The number of methoxy groups -OCH3 is 2. The van der Waals surface area contributed by atoms with Gasteiger partial charge in [-0.05, 0) is 35.4 Å². The van der Waals surface area contributed by atoms with Crippen molar-refractivity contribution >= 4 is 12.2 Å². The van der Waals surface area contributed by atoms with Crippen molar-refractivity contribution in [2.24, 2.45) is 0 Å². The summed E-state index contributed by atoms with van der Waals surface area (Å²) >= 11 is 0. The van der Waals surface area contributed by atoms with Gasteiger partial charge < -0.3 is 29.9 Å². The van der Waals surface area contributed by atoms with Crippen molar-refractivity contribution in [3.8, 4) is 23.0 Å². The Labute approximate surface area is 139 Å². The van der Waals surface area contributed by atoms with Crippen LogP contribution < -0.4 is 9.47 Å². The summed E-state index contributed by atoms with van der Waals surface area (Å²) in [4.78, 5) is 0. The van der Waals surface area contributed by atoms with Gasteiger partial charge in [0.05, 0.1) is 27.4 Å². The molecule has 0 unspecified atom stereocenters. The molecule has 128 valence electrons. The van der Waals surface area contributed by atoms with Gasteiger partial charge in [0.15, 0.2) is 11.5 Å². The predicted octanol–water partition coefficient (Wildman–Crippen LogP) is 2.27. The summed E-state index contributed by atoms with van der Waals surface area (Å²) in [6.07, 6.45) is 3.31. The van der Waals surface area contributed by atoms with E-state index in [1.165, 1.54) is 14.2 Å². The van der Waals surface area contributed by atoms with Crippen molar-refractivity contribution in [2.75, 3.05) is 14.2 Å². The monoisotopic (exact) mass is 332 g/mol. The molecule has 0 aliphatic heterocycles. The summed E-state index contributed by atoms with van der Waals surface area (Å²) < 4.78 is 10.2. The highest BCUT2D eigenvalue weighted by Gasteiger charge is 2.11. The van der Waals surface area contributed by atoms with Gasteiger partial charge in [-0.25, -0.2) is 0 Å². The van der Waals surface area contributed by atoms with Gasteiger partial charge in [0.2, 0.25) is 5.75 Å². The zero-order chi connectivity index (χ0) is 17.7. The quantitative estimate of drug-likeness (QED) is 0.478. The Morgan fingerprint density at radius 3 is 2.17 bits per heavy atom. The van der Waals surface area contributed by atoms with E-state index in [0.717, 1.165) is 0 Å². The first-order valence-corrected chi connectivity index (χ1v) is 7.24. The number of phenolic OH excluding ortho intramolecular Hbond substituents is 2. The molecule has 0 aliphatic carbocycles. The molecule has 0 bridgehead atoms. The van der Waals surface area contributed by atoms with E-state index in [4.69, 9.17) is 9.47 Å². The van der Waals surface area contributed by atoms with Gasteiger partial charge in [-0.15, -0.1) is 0 Å². The smallest absolute Gasteiger partial charge is 0.201 e. The number of aliphatic hydroxyl groups excluding tert-OH is 2. The summed E-state index contributed by atoms with van der Waals surface area (Å²) in [5.74, 6) is 0.0301. The third-order valence-electron chi connectivity index (χ3n) is 3.69. The lowest BCUT2D eigenvalue weighted by Crippen LogP contribution is -1.99. The van der Waals surface area contributed by atoms with E-state index in [9.17, 15) is 20.4 Å². The number of hydrogen-bond donors (Lipinski definition) is 4. The topological polar surface area (TPSA) is 99.4 Å². The molecule has 2 aromatic carbocycles. The van der Waals surface area contributed by atoms with E-state index in [-0.39, 0.29) is 30.5 Å². The molecule has 6 heteroatoms. The number of phenols is 2. The lowest BCUT2D eigenvalue weighted by molar-refractivity contribution is 0.254. The van der Waals surface area contributed by atoms with Crippen molar-refractivity contribution < 1.29 is 29.9 Å². The standard InChI is InChI=1S/C18H20O6/c1-23-15-6-5-12(17(21)18(15)22)4-3-11-7-13(9-19)14(10-20)16(8-11)24-2/h3-8,19-22H,9-10H2,1-2H3/b4-3-. The van der Waals surface area contributed by atoms with E-state index in [1.54, 1.807) is 36.4 Å². The predicted molar refractivity (Wildman–Crippen MR) is 90.1 cm³/mol. The zero-order valence-corrected chi connectivity index (χ0v) is 13.5. The molecule has 0 amide bonds. The van der Waals surface area contributed by atoms with Crippen molar-refractivity contribution in [1.82, 2.24) is 0 Å². The maximum Gasteiger partial charge on any atom is 0.201 e. The molecule has 4 N–H and O–H groups in total. The lowest BCUT2D eigenvalue weighted by Gasteiger charge is -2.12. The Bertz CT molecular complexity index is 726. The van der Waals surface area contributed by atoms with E-state index < -0.39 is 0 Å². The van der Waals surface area contributed by atoms with Gasteiger partial charge >= 0.3 is 0 Å². The average molecular weight is 332 g/mol. The Kier molecular flexibility index (Phi) is 5.68. The minimum Gasteiger partial charge on any atom is -0.504 e. The van der Waals surface area contributed by atoms with Crippen LogP contribution in [0.5, 0.6) is 23.0 Å². The van der Waals surface area contributed by atoms with E-state index in [2.05, 4.69) is 0 Å². The van der Waals surface area contributed by atoms with Crippen molar-refractivity contribution in [1.29, 1.82) is 0 Å². The van der Waals surface area contributed by atoms with Gasteiger partial charge in [0.25, 0.3) is 0 Å². The number of aromatic hydroxyl groups is 2. The van der Waals surface area contributed by atoms with E-state index in [0.29, 0.717) is 28.0 Å². The first kappa shape index (κ1) is 17.7. The maximum absolute atomic E-state index is 9.99. The molecule has 24 heavy (non-hydrogen) atoms. The molecule has 0 aliphatic rings. The van der Waals surface area contributed by atoms with Gasteiger partial charge in [-0.3, -0.25) is 0 Å². The SMILES string of the molecule is COc1ccc(/C=C\c2cc(CO)c(CO)c(OC)c2)c(O)c1O. The lowest BCUT2D eigenvalue weighted by atomic mass is 10.0. The van der Waals surface area contributed by atoms with Crippen LogP contribution in [0.25, 0.3) is 12.2 Å². The zero-order valence-electron chi connectivity index (χ0n) is 13.5. The molecule has 0 saturated carbocycles. The highest BCUT2D eigenvalue weighted by molar-refractivity contribution is 5.76. The van der Waals surface area contributed by atoms with Crippen LogP contribution in [0.4, 0.5) is 0 Å². The van der Waals surface area contributed by atoms with Crippen LogP contribution in [-0.4, -0.2) is 34.6 Å². The number of ether oxygens (including phenoxy) is 2. The fraction of sp³-hybridized carbons (Fsp3) is 0.222. The van der Waals surface area contributed by atoms with Gasteiger partial charge in [0.1, 0.15) is 5.75 Å². The average Bonchev–Trinajstić information content (AvgIpc) is 2.61. The summed E-state index contributed by atoms with van der Waals surface area (Å²) in [5.41, 5.74) is 2.20. The van der Waals surface area contributed by atoms with Crippen molar-refractivity contribution in [3.05, 3.63) is 46.5 Å². The van der Waals surface area contributed by atoms with Gasteiger partial charge in [0, 0.05) is 11.1 Å². The summed E-state index contributed by atoms with van der Waals surface area (Å²) in [6, 6.07) is 6.58. The van der Waals surface area contributed by atoms with E-state index in [1.807, 2.05) is 0 Å². The van der Waals surface area contributed by atoms with Gasteiger partial charge in [-0.1, -0.05) is 12.2 Å². The molecule has 6 nitrogen and oxygen atoms in total. The number of aliphatic hydroxyl groups is 2. The van der Waals surface area contributed by atoms with Crippen molar-refractivity contribution in [3.63, 3.8) is 0 Å². The van der Waals surface area contributed by atoms with Crippen LogP contribution in [0.15, 0.2) is 24.3 Å². The summed E-state index contributed by atoms with van der Waals surface area (Å²) in [5, 5.41) is 38.6. The molecular weight excluding hydrogens is 312 g/mol. The molecule has 0 radical (unpaired) electrons. The number of hydrogen-bond acceptors (Lipinski definition) is 6. The highest BCUT2D eigenvalue weighted by atomic mass is 16.5. The first-order chi connectivity index (χ1) is 11.5. The first-order valence-electron chi connectivity index (χ1n) is 7.24. The number of rotatable bonds is 6. The second-order valence-electron chi connectivity index (χ2n) is 5.06. The third kappa shape index (κ3) is 3.45. The van der Waals surface area contributed by atoms with Gasteiger partial charge in [-0.2, -0.15) is 0 Å². The molecule has 2 rings (SSSR count). The fourth-order valence-electron chi connectivity index (χ4n) is 2.39. The molecule has 0 atom stereocenters. The Morgan fingerprint density at radius 1 is 0.875 bits per heavy atom. The molecule has 2 aromatic rings. The molecular formula is C18H20O6. The van der Waals surface area contributed by atoms with Crippen LogP contribution in [0.1, 0.15) is 22.3 Å². The Morgan fingerprint density at radius 2 is 1.58 bits per heavy atom. The molecule has 0 saturated heterocycles. The minimum absolute atomic E-state index is 0.182. The second-order valence-corrected chi connectivity index (χ2v) is 5.06. The highest BCUT2D eigenvalue weighted by Crippen LogP contribution is 2.38. The van der Waals surface area contributed by atoms with Crippen LogP contribution in [0, 0.1) is 0 Å².